The van der Waals surface area contributed by atoms with Crippen molar-refractivity contribution in [2.45, 2.75) is 13.2 Å². The van der Waals surface area contributed by atoms with E-state index in [1.165, 1.54) is 4.80 Å². The Morgan fingerprint density at radius 3 is 2.50 bits per heavy atom. The zero-order chi connectivity index (χ0) is 13.1. The van der Waals surface area contributed by atoms with Crippen LogP contribution in [0.4, 0.5) is 0 Å². The highest BCUT2D eigenvalue weighted by Crippen LogP contribution is 2.35. The average molecular weight is 377 g/mol. The van der Waals surface area contributed by atoms with Gasteiger partial charge in [0.2, 0.25) is 5.82 Å². The van der Waals surface area contributed by atoms with E-state index in [2.05, 4.69) is 47.3 Å². The predicted molar refractivity (Wildman–Crippen MR) is 72.9 cm³/mol. The maximum absolute atomic E-state index is 5.65. The van der Waals surface area contributed by atoms with Crippen LogP contribution >= 0.6 is 31.9 Å². The molecule has 0 aliphatic carbocycles. The summed E-state index contributed by atoms with van der Waals surface area (Å²) in [6.07, 6.45) is 0. The molecule has 2 N–H and O–H groups in total. The van der Waals surface area contributed by atoms with Crippen LogP contribution in [0.1, 0.15) is 11.4 Å². The number of hydrogen-bond donors (Lipinski definition) is 1. The van der Waals surface area contributed by atoms with Gasteiger partial charge in [0.25, 0.3) is 0 Å². The molecule has 0 bridgehead atoms. The summed E-state index contributed by atoms with van der Waals surface area (Å²) in [5, 5.41) is 11.6. The molecule has 0 amide bonds. The molecule has 1 aromatic carbocycles. The molecule has 18 heavy (non-hydrogen) atoms. The Bertz CT molecular complexity index is 534. The van der Waals surface area contributed by atoms with Gasteiger partial charge < -0.3 is 10.5 Å². The lowest BCUT2D eigenvalue weighted by atomic mass is 10.2. The molecule has 0 fully saturated rings. The molecule has 1 aromatic heterocycles. The van der Waals surface area contributed by atoms with Crippen molar-refractivity contribution in [2.75, 3.05) is 0 Å². The summed E-state index contributed by atoms with van der Waals surface area (Å²) in [6, 6.07) is 3.84. The Labute approximate surface area is 121 Å². The molecule has 0 saturated heterocycles. The van der Waals surface area contributed by atoms with E-state index >= 15 is 0 Å². The van der Waals surface area contributed by atoms with Gasteiger partial charge >= 0.3 is 0 Å². The zero-order valence-corrected chi connectivity index (χ0v) is 12.8. The number of tetrazole rings is 1. The van der Waals surface area contributed by atoms with Crippen molar-refractivity contribution in [1.82, 2.24) is 20.2 Å². The highest BCUT2D eigenvalue weighted by molar-refractivity contribution is 9.11. The lowest BCUT2D eigenvalue weighted by Crippen LogP contribution is -2.02. The second-order valence-electron chi connectivity index (χ2n) is 3.58. The molecule has 0 radical (unpaired) electrons. The van der Waals surface area contributed by atoms with E-state index in [4.69, 9.17) is 10.5 Å². The van der Waals surface area contributed by atoms with Crippen LogP contribution in [0, 0.1) is 0 Å². The van der Waals surface area contributed by atoms with Gasteiger partial charge in [0.05, 0.1) is 16.0 Å². The minimum Gasteiger partial charge on any atom is -0.483 e. The number of rotatable bonds is 4. The van der Waals surface area contributed by atoms with Crippen molar-refractivity contribution in [3.8, 4) is 5.75 Å². The molecule has 2 rings (SSSR count). The number of aryl methyl sites for hydroxylation is 1. The Kier molecular flexibility index (Phi) is 4.31. The minimum atomic E-state index is 0.257. The van der Waals surface area contributed by atoms with Crippen LogP contribution in [-0.4, -0.2) is 20.2 Å². The maximum Gasteiger partial charge on any atom is 0.212 e. The number of hydrogen-bond acceptors (Lipinski definition) is 5. The number of nitrogens with zero attached hydrogens (tertiary/aromatic N) is 4. The third-order valence-electron chi connectivity index (χ3n) is 2.19. The highest BCUT2D eigenvalue weighted by atomic mass is 79.9. The van der Waals surface area contributed by atoms with Gasteiger partial charge in [-0.2, -0.15) is 4.80 Å². The zero-order valence-electron chi connectivity index (χ0n) is 9.60. The largest absolute Gasteiger partial charge is 0.483 e. The van der Waals surface area contributed by atoms with Crippen molar-refractivity contribution >= 4 is 31.9 Å². The molecule has 0 atom stereocenters. The van der Waals surface area contributed by atoms with Gasteiger partial charge in [-0.3, -0.25) is 0 Å². The first kappa shape index (κ1) is 13.4. The number of benzene rings is 1. The highest BCUT2D eigenvalue weighted by Gasteiger charge is 2.10. The summed E-state index contributed by atoms with van der Waals surface area (Å²) in [5.41, 5.74) is 6.60. The van der Waals surface area contributed by atoms with Gasteiger partial charge in [0, 0.05) is 6.54 Å². The summed E-state index contributed by atoms with van der Waals surface area (Å²) in [4.78, 5) is 1.39. The first-order valence-electron chi connectivity index (χ1n) is 5.14. The average Bonchev–Trinajstić information content (AvgIpc) is 2.73. The van der Waals surface area contributed by atoms with Crippen LogP contribution in [0.5, 0.6) is 5.75 Å². The number of ether oxygens (including phenoxy) is 1. The lowest BCUT2D eigenvalue weighted by Gasteiger charge is -2.10. The van der Waals surface area contributed by atoms with Crippen molar-refractivity contribution in [2.24, 2.45) is 12.8 Å². The van der Waals surface area contributed by atoms with E-state index in [0.29, 0.717) is 18.1 Å². The van der Waals surface area contributed by atoms with Crippen LogP contribution in [0.3, 0.4) is 0 Å². The van der Waals surface area contributed by atoms with E-state index in [0.717, 1.165) is 14.5 Å². The molecule has 2 aromatic rings. The fraction of sp³-hybridized carbons (Fsp3) is 0.300. The molecule has 96 valence electrons. The summed E-state index contributed by atoms with van der Waals surface area (Å²) in [6.45, 7) is 0.732. The third-order valence-corrected chi connectivity index (χ3v) is 3.37. The standard InChI is InChI=1S/C10H11Br2N5O/c1-17-15-9(14-16-17)5-18-10-7(11)2-6(4-13)3-8(10)12/h2-3H,4-5,13H2,1H3. The minimum absolute atomic E-state index is 0.257. The van der Waals surface area contributed by atoms with Crippen molar-refractivity contribution < 1.29 is 4.74 Å². The second-order valence-corrected chi connectivity index (χ2v) is 5.29. The molecule has 0 aliphatic heterocycles. The molecule has 8 heteroatoms. The van der Waals surface area contributed by atoms with E-state index < -0.39 is 0 Å². The van der Waals surface area contributed by atoms with Crippen LogP contribution in [0.15, 0.2) is 21.1 Å². The molecule has 0 aliphatic rings. The van der Waals surface area contributed by atoms with Crippen molar-refractivity contribution in [3.63, 3.8) is 0 Å². The lowest BCUT2D eigenvalue weighted by molar-refractivity contribution is 0.291. The van der Waals surface area contributed by atoms with Gasteiger partial charge in [-0.1, -0.05) is 0 Å². The van der Waals surface area contributed by atoms with E-state index in [9.17, 15) is 0 Å². The molecule has 0 saturated carbocycles. The van der Waals surface area contributed by atoms with E-state index in [1.807, 2.05) is 12.1 Å². The summed E-state index contributed by atoms with van der Waals surface area (Å²) in [5.74, 6) is 1.22. The maximum atomic E-state index is 5.65. The molecular formula is C10H11Br2N5O. The summed E-state index contributed by atoms with van der Waals surface area (Å²) < 4.78 is 7.32. The predicted octanol–water partition coefficient (Wildman–Crippen LogP) is 1.77. The quantitative estimate of drug-likeness (QED) is 0.879. The second kappa shape index (κ2) is 5.77. The number of aromatic nitrogens is 4. The van der Waals surface area contributed by atoms with Crippen molar-refractivity contribution in [3.05, 3.63) is 32.5 Å². The molecule has 0 spiro atoms. The SMILES string of the molecule is Cn1nnc(COc2c(Br)cc(CN)cc2Br)n1. The van der Waals surface area contributed by atoms with Gasteiger partial charge in [0.1, 0.15) is 5.75 Å². The topological polar surface area (TPSA) is 78.8 Å². The Hall–Kier alpha value is -0.990. The van der Waals surface area contributed by atoms with Gasteiger partial charge in [0.15, 0.2) is 6.61 Å². The summed E-state index contributed by atoms with van der Waals surface area (Å²) in [7, 11) is 1.71. The van der Waals surface area contributed by atoms with Crippen molar-refractivity contribution in [1.29, 1.82) is 0 Å². The van der Waals surface area contributed by atoms with Gasteiger partial charge in [-0.15, -0.1) is 10.2 Å². The first-order valence-corrected chi connectivity index (χ1v) is 6.72. The molecule has 0 unspecified atom stereocenters. The van der Waals surface area contributed by atoms with E-state index in [1.54, 1.807) is 7.05 Å². The van der Waals surface area contributed by atoms with Crippen LogP contribution in [0.2, 0.25) is 0 Å². The Balaban J connectivity index is 2.14. The van der Waals surface area contributed by atoms with E-state index in [-0.39, 0.29) is 6.61 Å². The Morgan fingerprint density at radius 2 is 2.00 bits per heavy atom. The smallest absolute Gasteiger partial charge is 0.212 e. The van der Waals surface area contributed by atoms with Crippen LogP contribution < -0.4 is 10.5 Å². The monoisotopic (exact) mass is 375 g/mol. The van der Waals surface area contributed by atoms with Crippen LogP contribution in [-0.2, 0) is 20.2 Å². The molecule has 6 nitrogen and oxygen atoms in total. The fourth-order valence-corrected chi connectivity index (χ4v) is 2.90. The summed E-state index contributed by atoms with van der Waals surface area (Å²) >= 11 is 6.89. The fourth-order valence-electron chi connectivity index (χ4n) is 1.39. The Morgan fingerprint density at radius 1 is 1.33 bits per heavy atom. The normalized spacial score (nSPS) is 10.7. The van der Waals surface area contributed by atoms with Gasteiger partial charge in [-0.25, -0.2) is 0 Å². The van der Waals surface area contributed by atoms with Gasteiger partial charge in [-0.05, 0) is 54.8 Å². The molecule has 1 heterocycles. The van der Waals surface area contributed by atoms with Crippen LogP contribution in [0.25, 0.3) is 0 Å². The third kappa shape index (κ3) is 3.06. The number of halogens is 2. The molecular weight excluding hydrogens is 366 g/mol. The number of nitrogens with two attached hydrogens (primary N) is 1. The first-order chi connectivity index (χ1) is 8.60.